The van der Waals surface area contributed by atoms with E-state index in [9.17, 15) is 4.79 Å². The minimum atomic E-state index is 0.167. The summed E-state index contributed by atoms with van der Waals surface area (Å²) in [6, 6.07) is 10.7. The molecule has 32 heavy (non-hydrogen) atoms. The first-order chi connectivity index (χ1) is 15.7. The molecule has 1 saturated heterocycles. The van der Waals surface area contributed by atoms with Crippen LogP contribution in [-0.2, 0) is 17.8 Å². The fourth-order valence-corrected chi connectivity index (χ4v) is 5.20. The first kappa shape index (κ1) is 21.0. The molecule has 0 aliphatic carbocycles. The van der Waals surface area contributed by atoms with E-state index in [0.717, 1.165) is 67.3 Å². The summed E-state index contributed by atoms with van der Waals surface area (Å²) in [5.41, 5.74) is 4.50. The van der Waals surface area contributed by atoms with E-state index in [2.05, 4.69) is 48.0 Å². The Morgan fingerprint density at radius 3 is 2.88 bits per heavy atom. The van der Waals surface area contributed by atoms with E-state index in [1.807, 2.05) is 17.2 Å². The summed E-state index contributed by atoms with van der Waals surface area (Å²) in [6.45, 7) is 6.79. The first-order valence-electron chi connectivity index (χ1n) is 11.9. The molecule has 2 aliphatic heterocycles. The maximum absolute atomic E-state index is 12.6. The lowest BCUT2D eigenvalue weighted by Gasteiger charge is -2.36. The van der Waals surface area contributed by atoms with Gasteiger partial charge in [0.05, 0.1) is 11.6 Å². The third-order valence-electron chi connectivity index (χ3n) is 6.82. The molecular weight excluding hydrogens is 398 g/mol. The molecule has 2 aromatic heterocycles. The van der Waals surface area contributed by atoms with Crippen molar-refractivity contribution < 1.29 is 4.79 Å². The summed E-state index contributed by atoms with van der Waals surface area (Å²) in [7, 11) is 0. The topological polar surface area (TPSA) is 62.2 Å². The number of fused-ring (bicyclic) bond motifs is 2. The van der Waals surface area contributed by atoms with Gasteiger partial charge in [0, 0.05) is 42.4 Å². The van der Waals surface area contributed by atoms with Crippen molar-refractivity contribution >= 4 is 22.6 Å². The van der Waals surface area contributed by atoms with Crippen LogP contribution in [-0.4, -0.2) is 38.8 Å². The Morgan fingerprint density at radius 1 is 1.09 bits per heavy atom. The Kier molecular flexibility index (Phi) is 5.87. The summed E-state index contributed by atoms with van der Waals surface area (Å²) in [5.74, 6) is 1.91. The van der Waals surface area contributed by atoms with Gasteiger partial charge < -0.3 is 0 Å². The summed E-state index contributed by atoms with van der Waals surface area (Å²) in [4.78, 5) is 31.6. The lowest BCUT2D eigenvalue weighted by molar-refractivity contribution is -0.119. The highest BCUT2D eigenvalue weighted by atomic mass is 16.2. The number of likely N-dealkylation sites (tertiary alicyclic amines) is 1. The Bertz CT molecular complexity index is 1140. The van der Waals surface area contributed by atoms with Crippen LogP contribution in [0.5, 0.6) is 0 Å². The summed E-state index contributed by atoms with van der Waals surface area (Å²) < 4.78 is 0. The van der Waals surface area contributed by atoms with Gasteiger partial charge in [0.15, 0.2) is 0 Å². The number of aryl methyl sites for hydroxylation is 1. The second-order valence-electron chi connectivity index (χ2n) is 8.98. The van der Waals surface area contributed by atoms with Crippen molar-refractivity contribution in [2.45, 2.75) is 65.0 Å². The van der Waals surface area contributed by atoms with E-state index >= 15 is 0 Å². The van der Waals surface area contributed by atoms with Crippen LogP contribution in [0.3, 0.4) is 0 Å². The normalized spacial score (nSPS) is 19.4. The Morgan fingerprint density at radius 2 is 2.00 bits per heavy atom. The number of hydrogen-bond donors (Lipinski definition) is 0. The van der Waals surface area contributed by atoms with Gasteiger partial charge in [-0.25, -0.2) is 9.97 Å². The number of piperidine rings is 1. The molecule has 0 spiro atoms. The van der Waals surface area contributed by atoms with Crippen molar-refractivity contribution in [2.24, 2.45) is 0 Å². The number of hydrogen-bond acceptors (Lipinski definition) is 5. The van der Waals surface area contributed by atoms with Crippen LogP contribution in [0.25, 0.3) is 10.9 Å². The van der Waals surface area contributed by atoms with E-state index < -0.39 is 0 Å². The molecule has 0 N–H and O–H groups in total. The van der Waals surface area contributed by atoms with Gasteiger partial charge in [-0.1, -0.05) is 31.5 Å². The average Bonchev–Trinajstić information content (AvgIpc) is 2.81. The highest BCUT2D eigenvalue weighted by Crippen LogP contribution is 2.35. The molecule has 0 radical (unpaired) electrons. The molecule has 0 saturated carbocycles. The van der Waals surface area contributed by atoms with Crippen molar-refractivity contribution in [1.29, 1.82) is 0 Å². The van der Waals surface area contributed by atoms with E-state index in [4.69, 9.17) is 9.97 Å². The predicted molar refractivity (Wildman–Crippen MR) is 126 cm³/mol. The fourth-order valence-electron chi connectivity index (χ4n) is 5.20. The molecule has 166 valence electrons. The van der Waals surface area contributed by atoms with Crippen molar-refractivity contribution in [3.63, 3.8) is 0 Å². The number of benzene rings is 1. The molecule has 0 unspecified atom stereocenters. The molecule has 4 heterocycles. The second kappa shape index (κ2) is 8.94. The van der Waals surface area contributed by atoms with Gasteiger partial charge in [-0.3, -0.25) is 19.6 Å². The summed E-state index contributed by atoms with van der Waals surface area (Å²) >= 11 is 0. The summed E-state index contributed by atoms with van der Waals surface area (Å²) in [6.07, 6.45) is 7.48. The third-order valence-corrected chi connectivity index (χ3v) is 6.82. The quantitative estimate of drug-likeness (QED) is 0.586. The minimum Gasteiger partial charge on any atom is -0.296 e. The van der Waals surface area contributed by atoms with Crippen molar-refractivity contribution in [3.05, 3.63) is 59.2 Å². The average molecular weight is 430 g/mol. The monoisotopic (exact) mass is 429 g/mol. The van der Waals surface area contributed by atoms with Gasteiger partial charge >= 0.3 is 0 Å². The SMILES string of the molecule is CCCN1C(=O)CCc2c(C)nc([C@@H]3CCCCN3Cc3cccc4ncccc34)nc21. The third kappa shape index (κ3) is 3.88. The van der Waals surface area contributed by atoms with Gasteiger partial charge in [0.25, 0.3) is 0 Å². The molecule has 6 nitrogen and oxygen atoms in total. The van der Waals surface area contributed by atoms with Gasteiger partial charge in [-0.05, 0) is 56.8 Å². The number of carbonyl (C=O) groups excluding carboxylic acids is 1. The van der Waals surface area contributed by atoms with Crippen LogP contribution >= 0.6 is 0 Å². The van der Waals surface area contributed by atoms with Crippen LogP contribution in [0.4, 0.5) is 5.82 Å². The van der Waals surface area contributed by atoms with Crippen molar-refractivity contribution in [1.82, 2.24) is 19.9 Å². The summed E-state index contributed by atoms with van der Waals surface area (Å²) in [5, 5.41) is 1.21. The van der Waals surface area contributed by atoms with E-state index in [0.29, 0.717) is 6.42 Å². The predicted octanol–water partition coefficient (Wildman–Crippen LogP) is 4.75. The molecule has 3 aromatic rings. The van der Waals surface area contributed by atoms with Crippen LogP contribution in [0.1, 0.15) is 67.7 Å². The number of aromatic nitrogens is 3. The molecule has 1 fully saturated rings. The van der Waals surface area contributed by atoms with Crippen LogP contribution < -0.4 is 4.90 Å². The van der Waals surface area contributed by atoms with Crippen LogP contribution in [0.15, 0.2) is 36.5 Å². The van der Waals surface area contributed by atoms with E-state index in [1.54, 1.807) is 0 Å². The fraction of sp³-hybridized carbons (Fsp3) is 0.462. The second-order valence-corrected chi connectivity index (χ2v) is 8.98. The number of amides is 1. The zero-order valence-corrected chi connectivity index (χ0v) is 19.0. The van der Waals surface area contributed by atoms with Gasteiger partial charge in [0.1, 0.15) is 11.6 Å². The molecular formula is C26H31N5O. The molecule has 6 heteroatoms. The number of nitrogens with zero attached hydrogens (tertiary/aromatic N) is 5. The smallest absolute Gasteiger partial charge is 0.228 e. The van der Waals surface area contributed by atoms with Gasteiger partial charge in [0.2, 0.25) is 5.91 Å². The lowest BCUT2D eigenvalue weighted by Crippen LogP contribution is -2.39. The highest BCUT2D eigenvalue weighted by Gasteiger charge is 2.32. The minimum absolute atomic E-state index is 0.167. The molecule has 1 aromatic carbocycles. The maximum Gasteiger partial charge on any atom is 0.228 e. The standard InChI is InChI=1S/C26H31N5O/c1-3-15-31-24(32)13-12-20-18(2)28-25(29-26(20)31)23-11-4-5-16-30(23)17-19-8-6-10-22-21(19)9-7-14-27-22/h6-10,14,23H,3-5,11-13,15-17H2,1-2H3/t23-/m0/s1. The number of carbonyl (C=O) groups is 1. The Balaban J connectivity index is 1.50. The number of rotatable bonds is 5. The van der Waals surface area contributed by atoms with Crippen LogP contribution in [0.2, 0.25) is 0 Å². The highest BCUT2D eigenvalue weighted by molar-refractivity contribution is 5.95. The van der Waals surface area contributed by atoms with Gasteiger partial charge in [-0.15, -0.1) is 0 Å². The lowest BCUT2D eigenvalue weighted by atomic mass is 9.98. The largest absolute Gasteiger partial charge is 0.296 e. The maximum atomic E-state index is 12.6. The van der Waals surface area contributed by atoms with Crippen LogP contribution in [0, 0.1) is 6.92 Å². The van der Waals surface area contributed by atoms with Crippen molar-refractivity contribution in [3.8, 4) is 0 Å². The van der Waals surface area contributed by atoms with E-state index in [1.165, 1.54) is 23.8 Å². The Labute approximate surface area is 189 Å². The molecule has 1 atom stereocenters. The van der Waals surface area contributed by atoms with Crippen molar-refractivity contribution in [2.75, 3.05) is 18.0 Å². The molecule has 5 rings (SSSR count). The Hall–Kier alpha value is -2.86. The molecule has 2 aliphatic rings. The number of pyridine rings is 1. The van der Waals surface area contributed by atoms with Gasteiger partial charge in [-0.2, -0.15) is 0 Å². The molecule has 1 amide bonds. The molecule has 0 bridgehead atoms. The number of anilines is 1. The first-order valence-corrected chi connectivity index (χ1v) is 11.9. The zero-order chi connectivity index (χ0) is 22.1. The van der Waals surface area contributed by atoms with E-state index in [-0.39, 0.29) is 11.9 Å². The zero-order valence-electron chi connectivity index (χ0n) is 19.0.